The molecule has 1 aliphatic carbocycles. The average Bonchev–Trinajstić information content (AvgIpc) is 2.37. The van der Waals surface area contributed by atoms with E-state index in [2.05, 4.69) is 11.8 Å². The molecular weight excluding hydrogens is 278 g/mol. The Kier molecular flexibility index (Phi) is 4.74. The molecule has 20 heavy (non-hydrogen) atoms. The highest BCUT2D eigenvalue weighted by atomic mass is 32.2. The Bertz CT molecular complexity index is 462. The summed E-state index contributed by atoms with van der Waals surface area (Å²) < 4.78 is 23.5. The Morgan fingerprint density at radius 2 is 1.90 bits per heavy atom. The van der Waals surface area contributed by atoms with Crippen molar-refractivity contribution in [1.29, 1.82) is 0 Å². The number of piperidine rings is 1. The molecule has 0 amide bonds. The molecule has 1 saturated carbocycles. The third-order valence-corrected chi connectivity index (χ3v) is 6.50. The van der Waals surface area contributed by atoms with Crippen LogP contribution in [0.15, 0.2) is 0 Å². The molecule has 5 nitrogen and oxygen atoms in total. The summed E-state index contributed by atoms with van der Waals surface area (Å²) >= 11 is 0. The van der Waals surface area contributed by atoms with Crippen LogP contribution in [0.5, 0.6) is 0 Å². The first-order valence-electron chi connectivity index (χ1n) is 7.46. The molecule has 1 saturated heterocycles. The van der Waals surface area contributed by atoms with Crippen LogP contribution in [-0.4, -0.2) is 54.5 Å². The topological polar surface area (TPSA) is 74.7 Å². The number of nitrogens with zero attached hydrogens (tertiary/aromatic N) is 1. The normalized spacial score (nSPS) is 36.7. The minimum atomic E-state index is -3.02. The van der Waals surface area contributed by atoms with E-state index in [0.717, 1.165) is 32.2 Å². The van der Waals surface area contributed by atoms with Gasteiger partial charge in [-0.25, -0.2) is 8.42 Å². The number of carboxylic acid groups (broad SMARTS) is 1. The summed E-state index contributed by atoms with van der Waals surface area (Å²) in [5, 5.41) is 9.13. The number of carbonyl (C=O) groups is 1. The van der Waals surface area contributed by atoms with Gasteiger partial charge in [0.05, 0.1) is 5.25 Å². The predicted molar refractivity (Wildman–Crippen MR) is 77.4 cm³/mol. The Morgan fingerprint density at radius 1 is 1.20 bits per heavy atom. The SMILES string of the molecule is CC1CCN(C2CCCC(S(C)(=O)=O)C2)C(C(=O)O)C1. The van der Waals surface area contributed by atoms with Crippen molar-refractivity contribution in [3.05, 3.63) is 0 Å². The van der Waals surface area contributed by atoms with E-state index >= 15 is 0 Å². The number of carboxylic acids is 1. The third kappa shape index (κ3) is 3.52. The average molecular weight is 303 g/mol. The van der Waals surface area contributed by atoms with Crippen LogP contribution < -0.4 is 0 Å². The van der Waals surface area contributed by atoms with Gasteiger partial charge in [-0.15, -0.1) is 0 Å². The molecule has 2 rings (SSSR count). The summed E-state index contributed by atoms with van der Waals surface area (Å²) in [7, 11) is -3.02. The second kappa shape index (κ2) is 6.02. The maximum absolute atomic E-state index is 11.7. The van der Waals surface area contributed by atoms with Crippen LogP contribution in [0.2, 0.25) is 0 Å². The van der Waals surface area contributed by atoms with Gasteiger partial charge in [0.2, 0.25) is 0 Å². The molecule has 0 spiro atoms. The monoisotopic (exact) mass is 303 g/mol. The lowest BCUT2D eigenvalue weighted by molar-refractivity contribution is -0.147. The highest BCUT2D eigenvalue weighted by Gasteiger charge is 2.39. The summed E-state index contributed by atoms with van der Waals surface area (Å²) in [4.78, 5) is 13.5. The Labute approximate surface area is 121 Å². The molecule has 4 atom stereocenters. The molecule has 1 heterocycles. The van der Waals surface area contributed by atoms with E-state index in [0.29, 0.717) is 18.8 Å². The molecule has 6 heteroatoms. The van der Waals surface area contributed by atoms with Crippen molar-refractivity contribution >= 4 is 15.8 Å². The number of hydrogen-bond acceptors (Lipinski definition) is 4. The van der Waals surface area contributed by atoms with Gasteiger partial charge < -0.3 is 5.11 Å². The van der Waals surface area contributed by atoms with Gasteiger partial charge in [0.1, 0.15) is 15.9 Å². The van der Waals surface area contributed by atoms with Crippen LogP contribution in [0.25, 0.3) is 0 Å². The van der Waals surface area contributed by atoms with Crippen molar-refractivity contribution in [1.82, 2.24) is 4.90 Å². The van der Waals surface area contributed by atoms with Gasteiger partial charge in [-0.05, 0) is 44.6 Å². The fourth-order valence-corrected chi connectivity index (χ4v) is 4.82. The first kappa shape index (κ1) is 15.8. The fourth-order valence-electron chi connectivity index (χ4n) is 3.65. The van der Waals surface area contributed by atoms with E-state index in [1.54, 1.807) is 0 Å². The van der Waals surface area contributed by atoms with Gasteiger partial charge >= 0.3 is 5.97 Å². The summed E-state index contributed by atoms with van der Waals surface area (Å²) in [5.41, 5.74) is 0. The lowest BCUT2D eigenvalue weighted by Gasteiger charge is -2.43. The van der Waals surface area contributed by atoms with Crippen LogP contribution in [0.4, 0.5) is 0 Å². The smallest absolute Gasteiger partial charge is 0.320 e. The zero-order valence-electron chi connectivity index (χ0n) is 12.3. The third-order valence-electron chi connectivity index (χ3n) is 4.86. The molecule has 1 aliphatic heterocycles. The van der Waals surface area contributed by atoms with E-state index < -0.39 is 21.8 Å². The van der Waals surface area contributed by atoms with Gasteiger partial charge in [-0.1, -0.05) is 13.3 Å². The molecule has 4 unspecified atom stereocenters. The predicted octanol–water partition coefficient (Wildman–Crippen LogP) is 1.53. The minimum Gasteiger partial charge on any atom is -0.480 e. The largest absolute Gasteiger partial charge is 0.480 e. The van der Waals surface area contributed by atoms with Crippen molar-refractivity contribution in [3.63, 3.8) is 0 Å². The van der Waals surface area contributed by atoms with E-state index in [1.807, 2.05) is 0 Å². The van der Waals surface area contributed by atoms with Crippen molar-refractivity contribution < 1.29 is 18.3 Å². The van der Waals surface area contributed by atoms with Crippen LogP contribution in [-0.2, 0) is 14.6 Å². The van der Waals surface area contributed by atoms with E-state index in [-0.39, 0.29) is 11.3 Å². The molecule has 0 aromatic rings. The van der Waals surface area contributed by atoms with Gasteiger partial charge in [0.25, 0.3) is 0 Å². The molecular formula is C14H25NO4S. The molecule has 0 aromatic carbocycles. The minimum absolute atomic E-state index is 0.108. The highest BCUT2D eigenvalue weighted by Crippen LogP contribution is 2.32. The summed E-state index contributed by atoms with van der Waals surface area (Å²) in [6.45, 7) is 2.87. The number of rotatable bonds is 3. The van der Waals surface area contributed by atoms with Crippen LogP contribution in [0.3, 0.4) is 0 Å². The number of hydrogen-bond donors (Lipinski definition) is 1. The standard InChI is InChI=1S/C14H25NO4S/c1-10-6-7-15(13(8-10)14(16)17)11-4-3-5-12(9-11)20(2,18)19/h10-13H,3-9H2,1-2H3,(H,16,17). The maximum atomic E-state index is 11.7. The number of likely N-dealkylation sites (tertiary alicyclic amines) is 1. The van der Waals surface area contributed by atoms with Crippen molar-refractivity contribution in [2.24, 2.45) is 5.92 Å². The molecule has 1 N–H and O–H groups in total. The second-order valence-electron chi connectivity index (χ2n) is 6.49. The lowest BCUT2D eigenvalue weighted by atomic mass is 9.87. The summed E-state index contributed by atoms with van der Waals surface area (Å²) in [5.74, 6) is -0.334. The van der Waals surface area contributed by atoms with Crippen molar-refractivity contribution in [2.75, 3.05) is 12.8 Å². The molecule has 0 radical (unpaired) electrons. The summed E-state index contributed by atoms with van der Waals surface area (Å²) in [6.07, 6.45) is 6.09. The Balaban J connectivity index is 2.10. The van der Waals surface area contributed by atoms with E-state index in [4.69, 9.17) is 0 Å². The van der Waals surface area contributed by atoms with Crippen molar-refractivity contribution in [3.8, 4) is 0 Å². The highest BCUT2D eigenvalue weighted by molar-refractivity contribution is 7.91. The van der Waals surface area contributed by atoms with Crippen LogP contribution in [0, 0.1) is 5.92 Å². The number of aliphatic carboxylic acids is 1. The van der Waals surface area contributed by atoms with E-state index in [9.17, 15) is 18.3 Å². The zero-order chi connectivity index (χ0) is 14.9. The molecule has 2 fully saturated rings. The van der Waals surface area contributed by atoms with Gasteiger partial charge in [0.15, 0.2) is 0 Å². The lowest BCUT2D eigenvalue weighted by Crippen LogP contribution is -2.53. The fraction of sp³-hybridized carbons (Fsp3) is 0.929. The second-order valence-corrected chi connectivity index (χ2v) is 8.82. The first-order chi connectivity index (χ1) is 9.29. The maximum Gasteiger partial charge on any atom is 0.320 e. The molecule has 116 valence electrons. The quantitative estimate of drug-likeness (QED) is 0.856. The van der Waals surface area contributed by atoms with Gasteiger partial charge in [-0.2, -0.15) is 0 Å². The van der Waals surface area contributed by atoms with Gasteiger partial charge in [0, 0.05) is 12.3 Å². The zero-order valence-corrected chi connectivity index (χ0v) is 13.1. The van der Waals surface area contributed by atoms with Crippen LogP contribution >= 0.6 is 0 Å². The van der Waals surface area contributed by atoms with Crippen LogP contribution in [0.1, 0.15) is 45.4 Å². The Morgan fingerprint density at radius 3 is 2.50 bits per heavy atom. The van der Waals surface area contributed by atoms with E-state index in [1.165, 1.54) is 6.26 Å². The molecule has 0 bridgehead atoms. The molecule has 2 aliphatic rings. The van der Waals surface area contributed by atoms with Gasteiger partial charge in [-0.3, -0.25) is 9.69 Å². The first-order valence-corrected chi connectivity index (χ1v) is 9.42. The molecule has 0 aromatic heterocycles. The summed E-state index contributed by atoms with van der Waals surface area (Å²) in [6, 6.07) is -0.334. The van der Waals surface area contributed by atoms with Crippen molar-refractivity contribution in [2.45, 2.75) is 62.8 Å². The number of sulfone groups is 1. The Hall–Kier alpha value is -0.620.